The number of carbonyl (C=O) groups excluding carboxylic acids is 1. The molecule has 0 aliphatic carbocycles. The van der Waals surface area contributed by atoms with E-state index in [1.165, 1.54) is 6.42 Å². The number of hydrogen-bond acceptors (Lipinski definition) is 2. The van der Waals surface area contributed by atoms with Gasteiger partial charge in [-0.3, -0.25) is 4.79 Å². The highest BCUT2D eigenvalue weighted by Crippen LogP contribution is 2.27. The van der Waals surface area contributed by atoms with E-state index in [0.717, 1.165) is 25.8 Å². The molecule has 100 valence electrons. The first-order chi connectivity index (χ1) is 7.70. The normalized spacial score (nSPS) is 22.3. The van der Waals surface area contributed by atoms with Crippen molar-refractivity contribution in [1.82, 2.24) is 10.6 Å². The molecule has 1 atom stereocenters. The lowest BCUT2D eigenvalue weighted by Gasteiger charge is -2.35. The molecule has 0 bridgehead atoms. The topological polar surface area (TPSA) is 41.1 Å². The van der Waals surface area contributed by atoms with Gasteiger partial charge >= 0.3 is 0 Å². The minimum Gasteiger partial charge on any atom is -0.350 e. The third-order valence-electron chi connectivity index (χ3n) is 3.06. The Morgan fingerprint density at radius 3 is 2.35 bits per heavy atom. The van der Waals surface area contributed by atoms with Crippen LogP contribution >= 0.6 is 0 Å². The molecule has 1 amide bonds. The van der Waals surface area contributed by atoms with Crippen molar-refractivity contribution in [1.29, 1.82) is 0 Å². The molecule has 3 nitrogen and oxygen atoms in total. The molecule has 0 aromatic heterocycles. The number of amides is 1. The molecule has 1 aliphatic heterocycles. The molecule has 0 saturated carbocycles. The molecule has 0 aromatic rings. The zero-order valence-corrected chi connectivity index (χ0v) is 12.0. The van der Waals surface area contributed by atoms with Crippen LogP contribution in [0.4, 0.5) is 0 Å². The predicted octanol–water partition coefficient (Wildman–Crippen LogP) is 2.46. The van der Waals surface area contributed by atoms with Crippen LogP contribution in [0.3, 0.4) is 0 Å². The second-order valence-electron chi connectivity index (χ2n) is 7.11. The number of carbonyl (C=O) groups is 1. The Hall–Kier alpha value is -0.570. The summed E-state index contributed by atoms with van der Waals surface area (Å²) in [6, 6.07) is 0.0167. The summed E-state index contributed by atoms with van der Waals surface area (Å²) in [7, 11) is 0. The van der Waals surface area contributed by atoms with E-state index in [-0.39, 0.29) is 22.9 Å². The molecular formula is C14H28N2O. The van der Waals surface area contributed by atoms with Crippen LogP contribution in [0.25, 0.3) is 0 Å². The van der Waals surface area contributed by atoms with Crippen molar-refractivity contribution < 1.29 is 4.79 Å². The molecule has 17 heavy (non-hydrogen) atoms. The minimum absolute atomic E-state index is 0.0167. The van der Waals surface area contributed by atoms with Crippen molar-refractivity contribution in [3.05, 3.63) is 0 Å². The van der Waals surface area contributed by atoms with E-state index in [2.05, 4.69) is 45.3 Å². The van der Waals surface area contributed by atoms with Crippen molar-refractivity contribution in [2.75, 3.05) is 6.54 Å². The maximum Gasteiger partial charge on any atom is 0.237 e. The highest BCUT2D eigenvalue weighted by molar-refractivity contribution is 5.82. The SMILES string of the molecule is CC(C)(C)CC(C)(C)NC(=O)C1CCCCN1. The van der Waals surface area contributed by atoms with Gasteiger partial charge in [0.2, 0.25) is 5.91 Å². The van der Waals surface area contributed by atoms with Gasteiger partial charge in [-0.25, -0.2) is 0 Å². The van der Waals surface area contributed by atoms with E-state index in [1.54, 1.807) is 0 Å². The molecule has 0 radical (unpaired) electrons. The van der Waals surface area contributed by atoms with Crippen LogP contribution in [-0.2, 0) is 4.79 Å². The van der Waals surface area contributed by atoms with Crippen molar-refractivity contribution >= 4 is 5.91 Å². The largest absolute Gasteiger partial charge is 0.350 e. The summed E-state index contributed by atoms with van der Waals surface area (Å²) in [5.74, 6) is 0.166. The lowest BCUT2D eigenvalue weighted by atomic mass is 9.81. The monoisotopic (exact) mass is 240 g/mol. The van der Waals surface area contributed by atoms with E-state index < -0.39 is 0 Å². The zero-order chi connectivity index (χ0) is 13.1. The van der Waals surface area contributed by atoms with E-state index in [0.29, 0.717) is 0 Å². The Bertz CT molecular complexity index is 260. The number of piperidine rings is 1. The lowest BCUT2D eigenvalue weighted by molar-refractivity contribution is -0.125. The number of hydrogen-bond donors (Lipinski definition) is 2. The van der Waals surface area contributed by atoms with Crippen molar-refractivity contribution in [3.8, 4) is 0 Å². The Kier molecular flexibility index (Phi) is 4.59. The van der Waals surface area contributed by atoms with Gasteiger partial charge in [0.25, 0.3) is 0 Å². The summed E-state index contributed by atoms with van der Waals surface area (Å²) in [6.45, 7) is 11.8. The molecule has 0 aromatic carbocycles. The first-order valence-corrected chi connectivity index (χ1v) is 6.75. The van der Waals surface area contributed by atoms with Gasteiger partial charge in [0.15, 0.2) is 0 Å². The molecule has 1 rings (SSSR count). The molecule has 0 spiro atoms. The smallest absolute Gasteiger partial charge is 0.237 e. The average Bonchev–Trinajstić information content (AvgIpc) is 2.14. The van der Waals surface area contributed by atoms with Gasteiger partial charge in [-0.1, -0.05) is 27.2 Å². The first kappa shape index (κ1) is 14.5. The molecule has 3 heteroatoms. The zero-order valence-electron chi connectivity index (χ0n) is 12.0. The van der Waals surface area contributed by atoms with Crippen LogP contribution in [0.5, 0.6) is 0 Å². The van der Waals surface area contributed by atoms with E-state index in [1.807, 2.05) is 0 Å². The predicted molar refractivity (Wildman–Crippen MR) is 71.9 cm³/mol. The summed E-state index contributed by atoms with van der Waals surface area (Å²) in [5.41, 5.74) is 0.102. The van der Waals surface area contributed by atoms with Gasteiger partial charge in [-0.15, -0.1) is 0 Å². The highest BCUT2D eigenvalue weighted by atomic mass is 16.2. The summed E-state index contributed by atoms with van der Waals surface area (Å²) < 4.78 is 0. The van der Waals surface area contributed by atoms with Crippen LogP contribution < -0.4 is 10.6 Å². The first-order valence-electron chi connectivity index (χ1n) is 6.75. The second-order valence-corrected chi connectivity index (χ2v) is 7.11. The van der Waals surface area contributed by atoms with E-state index >= 15 is 0 Å². The standard InChI is InChI=1S/C14H28N2O/c1-13(2,3)10-14(4,5)16-12(17)11-8-6-7-9-15-11/h11,15H,6-10H2,1-5H3,(H,16,17). The maximum absolute atomic E-state index is 12.1. The Balaban J connectivity index is 2.48. The molecule has 2 N–H and O–H groups in total. The van der Waals surface area contributed by atoms with E-state index in [9.17, 15) is 4.79 Å². The van der Waals surface area contributed by atoms with Crippen LogP contribution in [0.1, 0.15) is 60.3 Å². The van der Waals surface area contributed by atoms with Crippen LogP contribution in [0.2, 0.25) is 0 Å². The molecule has 1 saturated heterocycles. The summed E-state index contributed by atoms with van der Waals surface area (Å²) in [4.78, 5) is 12.1. The lowest BCUT2D eigenvalue weighted by Crippen LogP contribution is -2.54. The van der Waals surface area contributed by atoms with Gasteiger partial charge in [0, 0.05) is 5.54 Å². The molecular weight excluding hydrogens is 212 g/mol. The van der Waals surface area contributed by atoms with Gasteiger partial charge in [-0.05, 0) is 45.1 Å². The van der Waals surface area contributed by atoms with Crippen molar-refractivity contribution in [2.24, 2.45) is 5.41 Å². The molecule has 1 aliphatic rings. The Labute approximate surface area is 106 Å². The summed E-state index contributed by atoms with van der Waals surface area (Å²) in [5, 5.41) is 6.47. The van der Waals surface area contributed by atoms with E-state index in [4.69, 9.17) is 0 Å². The number of nitrogens with one attached hydrogen (secondary N) is 2. The fourth-order valence-corrected chi connectivity index (χ4v) is 2.87. The van der Waals surface area contributed by atoms with Crippen molar-refractivity contribution in [2.45, 2.75) is 71.9 Å². The molecule has 1 heterocycles. The third-order valence-corrected chi connectivity index (χ3v) is 3.06. The van der Waals surface area contributed by atoms with Crippen LogP contribution in [0.15, 0.2) is 0 Å². The quantitative estimate of drug-likeness (QED) is 0.795. The summed E-state index contributed by atoms with van der Waals surface area (Å²) in [6.07, 6.45) is 4.30. The summed E-state index contributed by atoms with van der Waals surface area (Å²) >= 11 is 0. The average molecular weight is 240 g/mol. The van der Waals surface area contributed by atoms with Crippen LogP contribution in [-0.4, -0.2) is 24.0 Å². The minimum atomic E-state index is -0.130. The highest BCUT2D eigenvalue weighted by Gasteiger charge is 2.30. The fourth-order valence-electron chi connectivity index (χ4n) is 2.87. The molecule has 1 fully saturated rings. The van der Waals surface area contributed by atoms with Gasteiger partial charge < -0.3 is 10.6 Å². The van der Waals surface area contributed by atoms with Crippen molar-refractivity contribution in [3.63, 3.8) is 0 Å². The second kappa shape index (κ2) is 5.38. The number of rotatable bonds is 3. The van der Waals surface area contributed by atoms with Gasteiger partial charge in [0.05, 0.1) is 6.04 Å². The fraction of sp³-hybridized carbons (Fsp3) is 0.929. The Morgan fingerprint density at radius 1 is 1.24 bits per heavy atom. The molecule has 1 unspecified atom stereocenters. The Morgan fingerprint density at radius 2 is 1.88 bits per heavy atom. The van der Waals surface area contributed by atoms with Gasteiger partial charge in [-0.2, -0.15) is 0 Å². The third kappa shape index (κ3) is 5.53. The van der Waals surface area contributed by atoms with Crippen LogP contribution in [0, 0.1) is 5.41 Å². The maximum atomic E-state index is 12.1. The van der Waals surface area contributed by atoms with Gasteiger partial charge in [0.1, 0.15) is 0 Å².